The van der Waals surface area contributed by atoms with Crippen LogP contribution in [-0.4, -0.2) is 27.9 Å². The minimum absolute atomic E-state index is 0.171. The van der Waals surface area contributed by atoms with Gasteiger partial charge in [-0.15, -0.1) is 0 Å². The van der Waals surface area contributed by atoms with Crippen molar-refractivity contribution in [2.45, 2.75) is 82.3 Å². The van der Waals surface area contributed by atoms with E-state index in [1.54, 1.807) is 0 Å². The Hall–Kier alpha value is -1.97. The Kier molecular flexibility index (Phi) is 5.52. The van der Waals surface area contributed by atoms with Crippen molar-refractivity contribution in [3.05, 3.63) is 65.5 Å². The zero-order chi connectivity index (χ0) is 21.5. The van der Waals surface area contributed by atoms with Gasteiger partial charge in [-0.25, -0.2) is 0 Å². The Morgan fingerprint density at radius 3 is 2.87 bits per heavy atom. The molecule has 3 heteroatoms. The molecule has 4 atom stereocenters. The van der Waals surface area contributed by atoms with E-state index in [9.17, 15) is 5.11 Å². The molecule has 3 aliphatic rings. The van der Waals surface area contributed by atoms with Crippen LogP contribution in [-0.2, 0) is 4.74 Å². The fourth-order valence-corrected chi connectivity index (χ4v) is 6.47. The van der Waals surface area contributed by atoms with Gasteiger partial charge in [0.15, 0.2) is 0 Å². The highest BCUT2D eigenvalue weighted by Crippen LogP contribution is 2.57. The molecule has 2 aliphatic heterocycles. The summed E-state index contributed by atoms with van der Waals surface area (Å²) in [7, 11) is 0. The number of aliphatic hydroxyl groups is 1. The standard InChI is InChI=1S/C28H35NO2/c1-3-25-18-26-6-4-5-21(23-10-9-22-11-15-29-19-24(22)17-23)8-7-20(2)28(26)13-12-27(25,31-28)14-16-30/h6,9-11,15,17-21,30H,3-5,7-8,12-14,16H2,1-2H3. The number of ether oxygens (including phenoxy) is 1. The maximum Gasteiger partial charge on any atom is 0.0966 e. The van der Waals surface area contributed by atoms with E-state index in [-0.39, 0.29) is 17.8 Å². The lowest BCUT2D eigenvalue weighted by atomic mass is 9.76. The zero-order valence-electron chi connectivity index (χ0n) is 18.9. The van der Waals surface area contributed by atoms with Gasteiger partial charge in [0.1, 0.15) is 0 Å². The van der Waals surface area contributed by atoms with Gasteiger partial charge < -0.3 is 9.84 Å². The number of allylic oxidation sites excluding steroid dienone is 1. The molecule has 1 saturated heterocycles. The average molecular weight is 418 g/mol. The summed E-state index contributed by atoms with van der Waals surface area (Å²) in [6, 6.07) is 9.01. The summed E-state index contributed by atoms with van der Waals surface area (Å²) in [5.41, 5.74) is 3.82. The minimum atomic E-state index is -0.242. The van der Waals surface area contributed by atoms with Crippen molar-refractivity contribution < 1.29 is 9.84 Å². The van der Waals surface area contributed by atoms with Gasteiger partial charge in [-0.1, -0.05) is 38.1 Å². The molecule has 1 N–H and O–H groups in total. The SMILES string of the molecule is CCC1=CC2=CCCC(c3ccc4ccncc4c3)CCC(C)C23CCC1(CCO)O3. The average Bonchev–Trinajstić information content (AvgIpc) is 3.16. The first kappa shape index (κ1) is 20.9. The fourth-order valence-electron chi connectivity index (χ4n) is 6.47. The van der Waals surface area contributed by atoms with Crippen LogP contribution in [0, 0.1) is 5.92 Å². The molecule has 0 amide bonds. The molecule has 31 heavy (non-hydrogen) atoms. The van der Waals surface area contributed by atoms with Gasteiger partial charge in [0, 0.05) is 30.8 Å². The van der Waals surface area contributed by atoms with Crippen molar-refractivity contribution in [2.75, 3.05) is 6.61 Å². The third kappa shape index (κ3) is 3.47. The molecule has 3 heterocycles. The Morgan fingerprint density at radius 1 is 1.13 bits per heavy atom. The van der Waals surface area contributed by atoms with Crippen LogP contribution in [0.25, 0.3) is 10.8 Å². The predicted molar refractivity (Wildman–Crippen MR) is 126 cm³/mol. The molecule has 2 aromatic rings. The van der Waals surface area contributed by atoms with Crippen LogP contribution >= 0.6 is 0 Å². The van der Waals surface area contributed by atoms with Crippen LogP contribution < -0.4 is 0 Å². The van der Waals surface area contributed by atoms with Crippen molar-refractivity contribution in [1.82, 2.24) is 4.98 Å². The summed E-state index contributed by atoms with van der Waals surface area (Å²) in [5.74, 6) is 1.04. The van der Waals surface area contributed by atoms with E-state index >= 15 is 0 Å². The first-order chi connectivity index (χ1) is 15.1. The van der Waals surface area contributed by atoms with E-state index in [0.717, 1.165) is 38.5 Å². The van der Waals surface area contributed by atoms with Crippen LogP contribution in [0.3, 0.4) is 0 Å². The zero-order valence-corrected chi connectivity index (χ0v) is 18.9. The van der Waals surface area contributed by atoms with Crippen LogP contribution in [0.1, 0.15) is 76.7 Å². The minimum Gasteiger partial charge on any atom is -0.396 e. The lowest BCUT2D eigenvalue weighted by molar-refractivity contribution is -0.106. The van der Waals surface area contributed by atoms with Gasteiger partial charge in [0.25, 0.3) is 0 Å². The van der Waals surface area contributed by atoms with E-state index in [1.165, 1.54) is 40.3 Å². The quantitative estimate of drug-likeness (QED) is 0.619. The molecule has 1 fully saturated rings. The summed E-state index contributed by atoms with van der Waals surface area (Å²) < 4.78 is 7.02. The molecular formula is C28H35NO2. The second-order valence-corrected chi connectivity index (χ2v) is 9.88. The number of benzene rings is 1. The molecule has 1 aromatic carbocycles. The first-order valence-corrected chi connectivity index (χ1v) is 12.2. The molecule has 0 saturated carbocycles. The topological polar surface area (TPSA) is 42.4 Å². The van der Waals surface area contributed by atoms with Gasteiger partial charge in [-0.2, -0.15) is 0 Å². The molecule has 1 aromatic heterocycles. The Labute approximate surface area is 186 Å². The summed E-state index contributed by atoms with van der Waals surface area (Å²) in [6.07, 6.45) is 17.2. The van der Waals surface area contributed by atoms with Crippen molar-refractivity contribution in [1.29, 1.82) is 0 Å². The Balaban J connectivity index is 1.46. The van der Waals surface area contributed by atoms with Crippen molar-refractivity contribution in [3.8, 4) is 0 Å². The number of hydrogen-bond acceptors (Lipinski definition) is 3. The van der Waals surface area contributed by atoms with E-state index in [1.807, 2.05) is 12.4 Å². The number of rotatable bonds is 4. The third-order valence-electron chi connectivity index (χ3n) is 8.34. The van der Waals surface area contributed by atoms with Crippen LogP contribution in [0.5, 0.6) is 0 Å². The molecule has 1 aliphatic carbocycles. The third-order valence-corrected chi connectivity index (χ3v) is 8.34. The smallest absolute Gasteiger partial charge is 0.0966 e. The maximum atomic E-state index is 9.76. The van der Waals surface area contributed by atoms with Crippen LogP contribution in [0.2, 0.25) is 0 Å². The second kappa shape index (κ2) is 8.18. The molecule has 1 spiro atoms. The Bertz CT molecular complexity index is 1020. The Morgan fingerprint density at radius 2 is 2.03 bits per heavy atom. The molecule has 2 bridgehead atoms. The lowest BCUT2D eigenvalue weighted by Gasteiger charge is -2.45. The molecule has 4 unspecified atom stereocenters. The van der Waals surface area contributed by atoms with Gasteiger partial charge in [0.05, 0.1) is 11.2 Å². The fraction of sp³-hybridized carbons (Fsp3) is 0.536. The van der Waals surface area contributed by atoms with E-state index in [2.05, 4.69) is 55.2 Å². The molecule has 5 rings (SSSR count). The highest BCUT2D eigenvalue weighted by atomic mass is 16.5. The lowest BCUT2D eigenvalue weighted by Crippen LogP contribution is -2.46. The van der Waals surface area contributed by atoms with E-state index in [4.69, 9.17) is 4.74 Å². The number of pyridine rings is 1. The molecular weight excluding hydrogens is 382 g/mol. The molecule has 164 valence electrons. The van der Waals surface area contributed by atoms with Crippen molar-refractivity contribution >= 4 is 10.8 Å². The van der Waals surface area contributed by atoms with Crippen molar-refractivity contribution in [3.63, 3.8) is 0 Å². The van der Waals surface area contributed by atoms with Crippen LogP contribution in [0.15, 0.2) is 60.0 Å². The van der Waals surface area contributed by atoms with E-state index < -0.39 is 0 Å². The van der Waals surface area contributed by atoms with Gasteiger partial charge in [0.2, 0.25) is 0 Å². The maximum absolute atomic E-state index is 9.76. The monoisotopic (exact) mass is 417 g/mol. The predicted octanol–water partition coefficient (Wildman–Crippen LogP) is 6.48. The van der Waals surface area contributed by atoms with Gasteiger partial charge in [-0.05, 0) is 91.0 Å². The van der Waals surface area contributed by atoms with Gasteiger partial charge in [-0.3, -0.25) is 4.98 Å². The first-order valence-electron chi connectivity index (χ1n) is 12.2. The molecule has 3 nitrogen and oxygen atoms in total. The van der Waals surface area contributed by atoms with Gasteiger partial charge >= 0.3 is 0 Å². The highest BCUT2D eigenvalue weighted by molar-refractivity contribution is 5.82. The van der Waals surface area contributed by atoms with Crippen LogP contribution in [0.4, 0.5) is 0 Å². The largest absolute Gasteiger partial charge is 0.396 e. The number of nitrogens with zero attached hydrogens (tertiary/aromatic N) is 1. The number of aliphatic hydroxyl groups excluding tert-OH is 1. The normalized spacial score (nSPS) is 33.1. The number of hydrogen-bond donors (Lipinski definition) is 1. The van der Waals surface area contributed by atoms with E-state index in [0.29, 0.717) is 11.8 Å². The second-order valence-electron chi connectivity index (χ2n) is 9.88. The summed E-state index contributed by atoms with van der Waals surface area (Å²) in [4.78, 5) is 4.32. The summed E-state index contributed by atoms with van der Waals surface area (Å²) in [6.45, 7) is 4.81. The summed E-state index contributed by atoms with van der Waals surface area (Å²) >= 11 is 0. The summed E-state index contributed by atoms with van der Waals surface area (Å²) in [5, 5.41) is 12.3. The number of fused-ring (bicyclic) bond motifs is 2. The number of aromatic nitrogens is 1. The highest BCUT2D eigenvalue weighted by Gasteiger charge is 2.56. The van der Waals surface area contributed by atoms with Crippen molar-refractivity contribution in [2.24, 2.45) is 5.92 Å². The molecule has 0 radical (unpaired) electrons.